The van der Waals surface area contributed by atoms with Crippen molar-refractivity contribution in [2.75, 3.05) is 4.31 Å². The summed E-state index contributed by atoms with van der Waals surface area (Å²) in [4.78, 5) is 24.2. The lowest BCUT2D eigenvalue weighted by Crippen LogP contribution is -2.54. The van der Waals surface area contributed by atoms with Crippen molar-refractivity contribution in [2.24, 2.45) is 11.8 Å². The van der Waals surface area contributed by atoms with Gasteiger partial charge in [0, 0.05) is 24.8 Å². The maximum absolute atomic E-state index is 13.8. The number of nitrogens with zero attached hydrogens (tertiary/aromatic N) is 1. The molecule has 1 aliphatic heterocycles. The first kappa shape index (κ1) is 32.9. The molecule has 236 valence electrons. The molecule has 43 heavy (non-hydrogen) atoms. The molecule has 1 aliphatic carbocycles. The Hall–Kier alpha value is -3.00. The van der Waals surface area contributed by atoms with Crippen LogP contribution in [-0.4, -0.2) is 43.5 Å². The number of halogens is 7. The van der Waals surface area contributed by atoms with Gasteiger partial charge in [-0.1, -0.05) is 12.1 Å². The Bertz CT molecular complexity index is 1460. The first-order chi connectivity index (χ1) is 19.8. The van der Waals surface area contributed by atoms with Gasteiger partial charge < -0.3 is 9.90 Å². The van der Waals surface area contributed by atoms with E-state index in [4.69, 9.17) is 0 Å². The van der Waals surface area contributed by atoms with Crippen LogP contribution in [0.3, 0.4) is 0 Å². The number of hydrogen-bond donors (Lipinski definition) is 1. The van der Waals surface area contributed by atoms with Crippen molar-refractivity contribution in [3.05, 3.63) is 59.4 Å². The molecule has 0 bridgehead atoms. The highest BCUT2D eigenvalue weighted by molar-refractivity contribution is 7.92. The topological polar surface area (TPSA) is 91.8 Å². The molecule has 1 heterocycles. The van der Waals surface area contributed by atoms with E-state index in [0.29, 0.717) is 25.0 Å². The van der Waals surface area contributed by atoms with E-state index in [1.165, 1.54) is 6.92 Å². The average Bonchev–Trinajstić information content (AvgIpc) is 3.32. The number of sulfonamides is 1. The molecular weight excluding hydrogens is 607 g/mol. The van der Waals surface area contributed by atoms with Crippen LogP contribution in [0.1, 0.15) is 63.0 Å². The van der Waals surface area contributed by atoms with E-state index >= 15 is 0 Å². The highest BCUT2D eigenvalue weighted by atomic mass is 32.2. The number of fused-ring (bicyclic) bond motifs is 1. The van der Waals surface area contributed by atoms with Crippen LogP contribution in [0.15, 0.2) is 47.4 Å². The maximum atomic E-state index is 13.8. The summed E-state index contributed by atoms with van der Waals surface area (Å²) in [5.41, 5.74) is -7.18. The second-order valence-corrected chi connectivity index (χ2v) is 13.2. The number of Topliss-reactive ketones (excluding diaryl/α,β-unsaturated/α-hetero) is 2. The Morgan fingerprint density at radius 1 is 0.884 bits per heavy atom. The molecule has 2 aliphatic rings. The van der Waals surface area contributed by atoms with Crippen LogP contribution in [0, 0.1) is 17.7 Å². The Kier molecular flexibility index (Phi) is 9.05. The molecule has 6 nitrogen and oxygen atoms in total. The zero-order chi connectivity index (χ0) is 32.0. The number of anilines is 1. The van der Waals surface area contributed by atoms with E-state index in [2.05, 4.69) is 0 Å². The molecule has 1 saturated carbocycles. The summed E-state index contributed by atoms with van der Waals surface area (Å²) in [7, 11) is -4.57. The summed E-state index contributed by atoms with van der Waals surface area (Å²) < 4.78 is 123. The summed E-state index contributed by atoms with van der Waals surface area (Å²) in [5, 5.41) is 9.88. The van der Waals surface area contributed by atoms with Crippen molar-refractivity contribution in [3.8, 4) is 0 Å². The van der Waals surface area contributed by atoms with Gasteiger partial charge in [0.15, 0.2) is 0 Å². The van der Waals surface area contributed by atoms with Crippen molar-refractivity contribution in [1.82, 2.24) is 0 Å². The smallest absolute Gasteiger partial charge is 0.369 e. The quantitative estimate of drug-likeness (QED) is 0.322. The van der Waals surface area contributed by atoms with Gasteiger partial charge in [0.25, 0.3) is 15.6 Å². The minimum Gasteiger partial charge on any atom is -0.369 e. The Morgan fingerprint density at radius 2 is 1.47 bits per heavy atom. The number of hydrogen-bond acceptors (Lipinski definition) is 5. The summed E-state index contributed by atoms with van der Waals surface area (Å²) in [5.74, 6) is -0.811. The third kappa shape index (κ3) is 6.59. The highest BCUT2D eigenvalue weighted by Gasteiger charge is 2.71. The van der Waals surface area contributed by atoms with E-state index in [1.54, 1.807) is 0 Å². The minimum absolute atomic E-state index is 0.000134. The van der Waals surface area contributed by atoms with Crippen LogP contribution >= 0.6 is 0 Å². The predicted molar refractivity (Wildman–Crippen MR) is 141 cm³/mol. The lowest BCUT2D eigenvalue weighted by atomic mass is 9.86. The van der Waals surface area contributed by atoms with E-state index in [0.717, 1.165) is 47.5 Å². The maximum Gasteiger partial charge on any atom is 0.430 e. The summed E-state index contributed by atoms with van der Waals surface area (Å²) in [6.07, 6.45) is -10.1. The molecular formula is C29H30F7NO5S. The largest absolute Gasteiger partial charge is 0.430 e. The average molecular weight is 638 g/mol. The fourth-order valence-electron chi connectivity index (χ4n) is 6.20. The summed E-state index contributed by atoms with van der Waals surface area (Å²) >= 11 is 0. The molecule has 3 atom stereocenters. The first-order valence-electron chi connectivity index (χ1n) is 13.6. The van der Waals surface area contributed by atoms with Gasteiger partial charge in [0.1, 0.15) is 17.4 Å². The van der Waals surface area contributed by atoms with E-state index in [-0.39, 0.29) is 60.3 Å². The van der Waals surface area contributed by atoms with Crippen molar-refractivity contribution in [3.63, 3.8) is 0 Å². The second kappa shape index (κ2) is 11.8. The fraction of sp³-hybridized carbons (Fsp3) is 0.517. The van der Waals surface area contributed by atoms with Crippen molar-refractivity contribution in [1.29, 1.82) is 0 Å². The minimum atomic E-state index is -6.13. The van der Waals surface area contributed by atoms with Gasteiger partial charge in [-0.25, -0.2) is 12.8 Å². The number of benzene rings is 2. The Labute approximate surface area is 243 Å². The zero-order valence-electron chi connectivity index (χ0n) is 23.0. The molecule has 0 aromatic heterocycles. The summed E-state index contributed by atoms with van der Waals surface area (Å²) in [6.45, 7) is 1.49. The van der Waals surface area contributed by atoms with Crippen molar-refractivity contribution < 1.29 is 53.8 Å². The van der Waals surface area contributed by atoms with Crippen LogP contribution in [0.4, 0.5) is 36.4 Å². The predicted octanol–water partition coefficient (Wildman–Crippen LogP) is 6.39. The Balaban J connectivity index is 1.69. The van der Waals surface area contributed by atoms with Crippen LogP contribution in [0.25, 0.3) is 0 Å². The highest BCUT2D eigenvalue weighted by Crippen LogP contribution is 2.51. The normalized spacial score (nSPS) is 21.5. The third-order valence-electron chi connectivity index (χ3n) is 8.21. The molecule has 0 spiro atoms. The number of carbonyl (C=O) groups excluding carboxylic acids is 2. The van der Waals surface area contributed by atoms with Gasteiger partial charge in [-0.05, 0) is 86.8 Å². The van der Waals surface area contributed by atoms with Crippen molar-refractivity contribution in [2.45, 2.75) is 87.2 Å². The van der Waals surface area contributed by atoms with Crippen LogP contribution in [-0.2, 0) is 31.6 Å². The molecule has 4 rings (SSSR count). The first-order valence-corrected chi connectivity index (χ1v) is 15.1. The van der Waals surface area contributed by atoms with Gasteiger partial charge in [-0.15, -0.1) is 0 Å². The van der Waals surface area contributed by atoms with Crippen LogP contribution < -0.4 is 4.31 Å². The van der Waals surface area contributed by atoms with Gasteiger partial charge in [-0.2, -0.15) is 26.3 Å². The number of carbonyl (C=O) groups is 2. The van der Waals surface area contributed by atoms with Gasteiger partial charge in [0.2, 0.25) is 0 Å². The van der Waals surface area contributed by atoms with Gasteiger partial charge in [-0.3, -0.25) is 9.10 Å². The molecule has 0 radical (unpaired) electrons. The molecule has 1 fully saturated rings. The molecule has 0 amide bonds. The number of rotatable bonds is 9. The van der Waals surface area contributed by atoms with Gasteiger partial charge >= 0.3 is 12.4 Å². The monoisotopic (exact) mass is 637 g/mol. The van der Waals surface area contributed by atoms with E-state index in [1.807, 2.05) is 0 Å². The zero-order valence-corrected chi connectivity index (χ0v) is 23.8. The molecule has 14 heteroatoms. The Morgan fingerprint density at radius 3 is 2.02 bits per heavy atom. The van der Waals surface area contributed by atoms with E-state index < -0.39 is 50.3 Å². The number of ketones is 2. The van der Waals surface area contributed by atoms with Gasteiger partial charge in [0.05, 0.1) is 16.6 Å². The molecule has 1 N–H and O–H groups in total. The molecule has 2 aromatic rings. The van der Waals surface area contributed by atoms with E-state index in [9.17, 15) is 53.8 Å². The van der Waals surface area contributed by atoms with Crippen molar-refractivity contribution >= 4 is 27.3 Å². The SMILES string of the molecule is CC(=O)C[C@@H]1CC[C@@H](CC(=O)C[C@@H]2CCc3cc(C(O)(C(F)(F)F)C(F)(F)F)ccc3N2S(=O)(=O)c2ccc(F)cc2)C1. The molecule has 0 unspecified atom stereocenters. The molecule has 0 saturated heterocycles. The number of aliphatic hydroxyl groups is 1. The fourth-order valence-corrected chi connectivity index (χ4v) is 7.92. The van der Waals surface area contributed by atoms with Crippen LogP contribution in [0.2, 0.25) is 0 Å². The lowest BCUT2D eigenvalue weighted by Gasteiger charge is -2.39. The number of aryl methyl sites for hydroxylation is 1. The third-order valence-corrected chi connectivity index (χ3v) is 10.1. The standard InChI is InChI=1S/C29H30F7NO5S/c1-17(38)12-18-2-3-19(13-18)14-24(39)16-23-8-4-20-15-21(27(40,28(31,32)33)29(34,35)36)5-11-26(20)37(23)43(41,42)25-9-6-22(30)7-10-25/h5-7,9-11,15,18-19,23,40H,2-4,8,12-14,16H2,1H3/t18-,19+,23-/m0/s1. The molecule has 2 aromatic carbocycles. The number of alkyl halides is 6. The lowest BCUT2D eigenvalue weighted by molar-refractivity contribution is -0.376. The second-order valence-electron chi connectivity index (χ2n) is 11.4. The van der Waals surface area contributed by atoms with Crippen LogP contribution in [0.5, 0.6) is 0 Å². The summed E-state index contributed by atoms with van der Waals surface area (Å²) in [6, 6.07) is 4.27.